The van der Waals surface area contributed by atoms with Crippen molar-refractivity contribution in [2.45, 2.75) is 13.5 Å². The Bertz CT molecular complexity index is 1110. The monoisotopic (exact) mass is 414 g/mol. The number of rotatable bonds is 6. The molecule has 0 aliphatic heterocycles. The number of allylic oxidation sites excluding steroid dienone is 1. The molecule has 0 radical (unpaired) electrons. The van der Waals surface area contributed by atoms with Crippen LogP contribution in [0.2, 0.25) is 0 Å². The van der Waals surface area contributed by atoms with Gasteiger partial charge >= 0.3 is 0 Å². The van der Waals surface area contributed by atoms with E-state index in [2.05, 4.69) is 11.3 Å². The van der Waals surface area contributed by atoms with Crippen molar-refractivity contribution >= 4 is 5.78 Å². The molecule has 1 aromatic carbocycles. The molecule has 0 unspecified atom stereocenters. The van der Waals surface area contributed by atoms with Crippen LogP contribution in [0.3, 0.4) is 0 Å². The number of aromatic nitrogens is 1. The van der Waals surface area contributed by atoms with Gasteiger partial charge in [0.1, 0.15) is 11.6 Å². The van der Waals surface area contributed by atoms with Crippen molar-refractivity contribution in [3.8, 4) is 17.7 Å². The quantitative estimate of drug-likeness (QED) is 0.258. The molecule has 2 aromatic rings. The molecule has 0 atom stereocenters. The van der Waals surface area contributed by atoms with E-state index in [0.717, 1.165) is 6.92 Å². The van der Waals surface area contributed by atoms with E-state index in [4.69, 9.17) is 5.26 Å². The Hall–Kier alpha value is -3.68. The van der Waals surface area contributed by atoms with E-state index in [1.807, 2.05) is 0 Å². The standard InChI is InChI=1S/C18H11F5N2O4/c1-3-4-25-17(27)8(5-24)7(2)10(18(25)28)9(26)6-29-16-14(22)12(20)11(19)13(21)15(16)23/h3,28H,1,4,6H2,2H3. The first kappa shape index (κ1) is 21.6. The van der Waals surface area contributed by atoms with Crippen LogP contribution in [0.5, 0.6) is 11.6 Å². The van der Waals surface area contributed by atoms with Gasteiger partial charge in [-0.2, -0.15) is 14.0 Å². The molecule has 1 N–H and O–H groups in total. The van der Waals surface area contributed by atoms with Crippen LogP contribution in [0.4, 0.5) is 22.0 Å². The molecule has 0 saturated carbocycles. The number of ether oxygens (including phenoxy) is 1. The highest BCUT2D eigenvalue weighted by Gasteiger charge is 2.29. The topological polar surface area (TPSA) is 92.3 Å². The molecule has 152 valence electrons. The number of nitrogens with zero attached hydrogens (tertiary/aromatic N) is 2. The molecule has 0 aliphatic carbocycles. The fourth-order valence-corrected chi connectivity index (χ4v) is 2.50. The zero-order valence-electron chi connectivity index (χ0n) is 14.7. The summed E-state index contributed by atoms with van der Waals surface area (Å²) in [6.07, 6.45) is 1.19. The molecule has 29 heavy (non-hydrogen) atoms. The molecule has 0 bridgehead atoms. The van der Waals surface area contributed by atoms with Gasteiger partial charge in [0.2, 0.25) is 40.7 Å². The second-order valence-electron chi connectivity index (χ2n) is 5.63. The van der Waals surface area contributed by atoms with Crippen LogP contribution in [0.1, 0.15) is 21.5 Å². The number of ketones is 1. The normalized spacial score (nSPS) is 10.5. The molecule has 0 saturated heterocycles. The SMILES string of the molecule is C=CCn1c(O)c(C(=O)COc2c(F)c(F)c(F)c(F)c2F)c(C)c(C#N)c1=O. The van der Waals surface area contributed by atoms with Gasteiger partial charge in [0.05, 0.1) is 5.56 Å². The predicted molar refractivity (Wildman–Crippen MR) is 88.1 cm³/mol. The summed E-state index contributed by atoms with van der Waals surface area (Å²) in [4.78, 5) is 24.6. The van der Waals surface area contributed by atoms with Gasteiger partial charge in [0.15, 0.2) is 12.4 Å². The van der Waals surface area contributed by atoms with Crippen molar-refractivity contribution in [3.63, 3.8) is 0 Å². The van der Waals surface area contributed by atoms with Gasteiger partial charge in [0.25, 0.3) is 5.56 Å². The second-order valence-corrected chi connectivity index (χ2v) is 5.63. The molecule has 0 fully saturated rings. The molecule has 11 heteroatoms. The summed E-state index contributed by atoms with van der Waals surface area (Å²) in [5.41, 5.74) is -2.25. The smallest absolute Gasteiger partial charge is 0.271 e. The summed E-state index contributed by atoms with van der Waals surface area (Å²) < 4.78 is 71.9. The van der Waals surface area contributed by atoms with Crippen LogP contribution in [0.25, 0.3) is 0 Å². The number of Topliss-reactive ketones (excluding diaryl/α,β-unsaturated/α-hetero) is 1. The molecule has 1 heterocycles. The number of pyridine rings is 1. The largest absolute Gasteiger partial charge is 0.494 e. The van der Waals surface area contributed by atoms with E-state index in [-0.39, 0.29) is 12.1 Å². The average molecular weight is 414 g/mol. The zero-order chi connectivity index (χ0) is 22.0. The van der Waals surface area contributed by atoms with Crippen molar-refractivity contribution in [3.05, 3.63) is 68.8 Å². The van der Waals surface area contributed by atoms with Gasteiger partial charge in [-0.05, 0) is 12.5 Å². The molecule has 0 spiro atoms. The minimum absolute atomic E-state index is 0.249. The fraction of sp³-hybridized carbons (Fsp3) is 0.167. The lowest BCUT2D eigenvalue weighted by molar-refractivity contribution is 0.0908. The van der Waals surface area contributed by atoms with Gasteiger partial charge in [-0.1, -0.05) is 6.08 Å². The number of halogens is 5. The van der Waals surface area contributed by atoms with Crippen LogP contribution < -0.4 is 10.3 Å². The third kappa shape index (κ3) is 3.56. The average Bonchev–Trinajstić information content (AvgIpc) is 2.68. The van der Waals surface area contributed by atoms with Gasteiger partial charge in [-0.25, -0.2) is 13.2 Å². The summed E-state index contributed by atoms with van der Waals surface area (Å²) in [6.45, 7) is 2.98. The molecule has 1 aromatic heterocycles. The highest BCUT2D eigenvalue weighted by Crippen LogP contribution is 2.30. The Kier molecular flexibility index (Phi) is 6.06. The number of carbonyl (C=O) groups excluding carboxylic acids is 1. The van der Waals surface area contributed by atoms with Gasteiger partial charge in [-0.3, -0.25) is 14.2 Å². The van der Waals surface area contributed by atoms with Crippen LogP contribution >= 0.6 is 0 Å². The summed E-state index contributed by atoms with van der Waals surface area (Å²) in [7, 11) is 0. The Morgan fingerprint density at radius 1 is 1.17 bits per heavy atom. The Morgan fingerprint density at radius 3 is 2.17 bits per heavy atom. The van der Waals surface area contributed by atoms with Crippen molar-refractivity contribution in [1.29, 1.82) is 5.26 Å². The van der Waals surface area contributed by atoms with E-state index in [0.29, 0.717) is 4.57 Å². The lowest BCUT2D eigenvalue weighted by Crippen LogP contribution is -2.27. The summed E-state index contributed by atoms with van der Waals surface area (Å²) >= 11 is 0. The third-order valence-electron chi connectivity index (χ3n) is 3.91. The van der Waals surface area contributed by atoms with Crippen molar-refractivity contribution in [2.75, 3.05) is 6.61 Å². The summed E-state index contributed by atoms with van der Waals surface area (Å²) in [5, 5.41) is 19.3. The van der Waals surface area contributed by atoms with Crippen LogP contribution in [0.15, 0.2) is 17.4 Å². The maximum atomic E-state index is 13.6. The Labute approximate surface area is 159 Å². The zero-order valence-corrected chi connectivity index (χ0v) is 14.7. The van der Waals surface area contributed by atoms with Crippen molar-refractivity contribution in [2.24, 2.45) is 0 Å². The first-order valence-corrected chi connectivity index (χ1v) is 7.73. The minimum Gasteiger partial charge on any atom is -0.494 e. The van der Waals surface area contributed by atoms with E-state index in [9.17, 15) is 36.6 Å². The van der Waals surface area contributed by atoms with Crippen molar-refractivity contribution in [1.82, 2.24) is 4.57 Å². The first-order valence-electron chi connectivity index (χ1n) is 7.73. The first-order chi connectivity index (χ1) is 13.6. The maximum Gasteiger partial charge on any atom is 0.271 e. The van der Waals surface area contributed by atoms with E-state index < -0.39 is 69.8 Å². The maximum absolute atomic E-state index is 13.6. The molecule has 6 nitrogen and oxygen atoms in total. The number of hydrogen-bond donors (Lipinski definition) is 1. The molecule has 0 amide bonds. The van der Waals surface area contributed by atoms with Gasteiger partial charge in [-0.15, -0.1) is 6.58 Å². The predicted octanol–water partition coefficient (Wildman–Crippen LogP) is 2.88. The summed E-state index contributed by atoms with van der Waals surface area (Å²) in [6, 6.07) is 1.57. The molecular formula is C18H11F5N2O4. The number of aromatic hydroxyl groups is 1. The number of hydrogen-bond acceptors (Lipinski definition) is 5. The lowest BCUT2D eigenvalue weighted by Gasteiger charge is -2.15. The number of carbonyl (C=O) groups is 1. The highest BCUT2D eigenvalue weighted by atomic mass is 19.2. The number of nitriles is 1. The molecule has 2 rings (SSSR count). The summed E-state index contributed by atoms with van der Waals surface area (Å²) in [5.74, 6) is -15.3. The number of benzene rings is 1. The van der Waals surface area contributed by atoms with Crippen LogP contribution in [-0.4, -0.2) is 22.1 Å². The van der Waals surface area contributed by atoms with Crippen LogP contribution in [0, 0.1) is 47.3 Å². The minimum atomic E-state index is -2.40. The van der Waals surface area contributed by atoms with E-state index >= 15 is 0 Å². The van der Waals surface area contributed by atoms with Crippen LogP contribution in [-0.2, 0) is 6.54 Å². The van der Waals surface area contributed by atoms with E-state index in [1.54, 1.807) is 6.07 Å². The highest BCUT2D eigenvalue weighted by molar-refractivity contribution is 6.01. The lowest BCUT2D eigenvalue weighted by atomic mass is 10.0. The van der Waals surface area contributed by atoms with Gasteiger partial charge in [0, 0.05) is 6.54 Å². The van der Waals surface area contributed by atoms with E-state index in [1.165, 1.54) is 6.08 Å². The Morgan fingerprint density at radius 2 is 1.69 bits per heavy atom. The molecule has 0 aliphatic rings. The second kappa shape index (κ2) is 8.14. The fourth-order valence-electron chi connectivity index (χ4n) is 2.50. The van der Waals surface area contributed by atoms with Crippen molar-refractivity contribution < 1.29 is 36.6 Å². The van der Waals surface area contributed by atoms with Gasteiger partial charge < -0.3 is 9.84 Å². The third-order valence-corrected chi connectivity index (χ3v) is 3.91. The Balaban J connectivity index is 2.51. The molecular weight excluding hydrogens is 403 g/mol.